The summed E-state index contributed by atoms with van der Waals surface area (Å²) in [6.45, 7) is 2.32. The van der Waals surface area contributed by atoms with Gasteiger partial charge in [0.25, 0.3) is 0 Å². The van der Waals surface area contributed by atoms with Crippen LogP contribution in [0.1, 0.15) is 29.4 Å². The second-order valence-corrected chi connectivity index (χ2v) is 5.60. The molecule has 4 nitrogen and oxygen atoms in total. The third kappa shape index (κ3) is 3.24. The minimum atomic E-state index is -4.59. The van der Waals surface area contributed by atoms with Gasteiger partial charge in [-0.3, -0.25) is 0 Å². The quantitative estimate of drug-likeness (QED) is 0.930. The maximum atomic E-state index is 12.6. The molecule has 1 N–H and O–H groups in total. The summed E-state index contributed by atoms with van der Waals surface area (Å²) in [5, 5.41) is 8.82. The monoisotopic (exact) mass is 307 g/mol. The first-order valence-corrected chi connectivity index (χ1v) is 6.77. The van der Waals surface area contributed by atoms with E-state index in [1.165, 1.54) is 0 Å². The molecule has 2 heterocycles. The third-order valence-corrected chi connectivity index (χ3v) is 4.41. The fraction of sp³-hybridized carbons (Fsp3) is 0.500. The highest BCUT2D eigenvalue weighted by Crippen LogP contribution is 2.36. The van der Waals surface area contributed by atoms with E-state index in [2.05, 4.69) is 4.98 Å². The van der Waals surface area contributed by atoms with E-state index in [0.717, 1.165) is 17.8 Å². The fourth-order valence-electron chi connectivity index (χ4n) is 1.86. The van der Waals surface area contributed by atoms with Crippen LogP contribution in [0.4, 0.5) is 13.2 Å². The number of hydrogen-bond donors (Lipinski definition) is 1. The standard InChI is InChI=1S/C12H12F3NO3S/c1-6-8(4-5-19-6)20-10-7(11(17)18)2-3-9(16-10)12(13,14)15/h2-3,6,8H,4-5H2,1H3,(H,17,18). The summed E-state index contributed by atoms with van der Waals surface area (Å²) in [6, 6.07) is 1.63. The summed E-state index contributed by atoms with van der Waals surface area (Å²) in [5.41, 5.74) is -1.31. The molecule has 0 aromatic carbocycles. The van der Waals surface area contributed by atoms with Gasteiger partial charge in [-0.25, -0.2) is 9.78 Å². The number of aromatic carboxylic acids is 1. The molecule has 0 bridgehead atoms. The highest BCUT2D eigenvalue weighted by molar-refractivity contribution is 8.00. The molecule has 0 spiro atoms. The zero-order chi connectivity index (χ0) is 14.9. The molecule has 1 aliphatic rings. The van der Waals surface area contributed by atoms with Gasteiger partial charge < -0.3 is 9.84 Å². The van der Waals surface area contributed by atoms with E-state index in [1.54, 1.807) is 6.92 Å². The predicted octanol–water partition coefficient (Wildman–Crippen LogP) is 3.07. The molecule has 2 rings (SSSR count). The summed E-state index contributed by atoms with van der Waals surface area (Å²) in [5.74, 6) is -1.29. The van der Waals surface area contributed by atoms with Crippen LogP contribution >= 0.6 is 11.8 Å². The molecule has 0 amide bonds. The number of rotatable bonds is 3. The van der Waals surface area contributed by atoms with Crippen molar-refractivity contribution in [2.75, 3.05) is 6.61 Å². The van der Waals surface area contributed by atoms with Gasteiger partial charge in [0.05, 0.1) is 11.7 Å². The largest absolute Gasteiger partial charge is 0.478 e. The van der Waals surface area contributed by atoms with E-state index in [4.69, 9.17) is 9.84 Å². The van der Waals surface area contributed by atoms with Crippen LogP contribution in [-0.2, 0) is 10.9 Å². The zero-order valence-corrected chi connectivity index (χ0v) is 11.3. The van der Waals surface area contributed by atoms with Crippen molar-refractivity contribution in [3.63, 3.8) is 0 Å². The number of pyridine rings is 1. The minimum absolute atomic E-state index is 0.0934. The molecule has 110 valence electrons. The molecular formula is C12H12F3NO3S. The van der Waals surface area contributed by atoms with E-state index in [1.807, 2.05) is 0 Å². The number of thioether (sulfide) groups is 1. The molecule has 1 aromatic heterocycles. The Hall–Kier alpha value is -1.28. The summed E-state index contributed by atoms with van der Waals surface area (Å²) in [6.07, 6.45) is -4.08. The average molecular weight is 307 g/mol. The molecule has 2 atom stereocenters. The number of ether oxygens (including phenoxy) is 1. The molecule has 1 aliphatic heterocycles. The molecule has 2 unspecified atom stereocenters. The third-order valence-electron chi connectivity index (χ3n) is 2.95. The van der Waals surface area contributed by atoms with Crippen molar-refractivity contribution in [1.82, 2.24) is 4.98 Å². The van der Waals surface area contributed by atoms with Gasteiger partial charge in [-0.1, -0.05) is 11.8 Å². The lowest BCUT2D eigenvalue weighted by atomic mass is 10.2. The Bertz CT molecular complexity index is 521. The van der Waals surface area contributed by atoms with Gasteiger partial charge in [-0.05, 0) is 25.5 Å². The number of carboxylic acids is 1. The highest BCUT2D eigenvalue weighted by atomic mass is 32.2. The first-order chi connectivity index (χ1) is 9.29. The number of carbonyl (C=O) groups is 1. The van der Waals surface area contributed by atoms with E-state index in [9.17, 15) is 18.0 Å². The van der Waals surface area contributed by atoms with Crippen molar-refractivity contribution in [3.8, 4) is 0 Å². The maximum Gasteiger partial charge on any atom is 0.433 e. The van der Waals surface area contributed by atoms with Crippen LogP contribution in [0, 0.1) is 0 Å². The zero-order valence-electron chi connectivity index (χ0n) is 10.5. The van der Waals surface area contributed by atoms with Crippen LogP contribution < -0.4 is 0 Å². The Balaban J connectivity index is 2.34. The molecule has 0 radical (unpaired) electrons. The Morgan fingerprint density at radius 1 is 1.50 bits per heavy atom. The molecule has 1 aromatic rings. The SMILES string of the molecule is CC1OCCC1Sc1nc(C(F)(F)F)ccc1C(=O)O. The van der Waals surface area contributed by atoms with Crippen LogP contribution in [0.5, 0.6) is 0 Å². The van der Waals surface area contributed by atoms with Crippen molar-refractivity contribution in [1.29, 1.82) is 0 Å². The topological polar surface area (TPSA) is 59.4 Å². The summed E-state index contributed by atoms with van der Waals surface area (Å²) >= 11 is 1.03. The normalized spacial score (nSPS) is 23.0. The second kappa shape index (κ2) is 5.61. The van der Waals surface area contributed by atoms with Crippen LogP contribution in [0.3, 0.4) is 0 Å². The Labute approximate surface area is 117 Å². The molecule has 1 fully saturated rings. The Kier molecular flexibility index (Phi) is 4.24. The van der Waals surface area contributed by atoms with Gasteiger partial charge in [-0.2, -0.15) is 13.2 Å². The smallest absolute Gasteiger partial charge is 0.433 e. The number of nitrogens with zero attached hydrogens (tertiary/aromatic N) is 1. The Morgan fingerprint density at radius 2 is 2.20 bits per heavy atom. The summed E-state index contributed by atoms with van der Waals surface area (Å²) in [7, 11) is 0. The number of hydrogen-bond acceptors (Lipinski definition) is 4. The molecule has 0 saturated carbocycles. The molecule has 8 heteroatoms. The lowest BCUT2D eigenvalue weighted by Gasteiger charge is -2.15. The summed E-state index contributed by atoms with van der Waals surface area (Å²) in [4.78, 5) is 14.5. The van der Waals surface area contributed by atoms with E-state index < -0.39 is 17.8 Å². The van der Waals surface area contributed by atoms with Crippen LogP contribution in [0.2, 0.25) is 0 Å². The maximum absolute atomic E-state index is 12.6. The van der Waals surface area contributed by atoms with Gasteiger partial charge >= 0.3 is 12.1 Å². The van der Waals surface area contributed by atoms with Crippen molar-refractivity contribution in [2.24, 2.45) is 0 Å². The fourth-order valence-corrected chi connectivity index (χ4v) is 3.07. The minimum Gasteiger partial charge on any atom is -0.478 e. The van der Waals surface area contributed by atoms with Crippen molar-refractivity contribution in [3.05, 3.63) is 23.4 Å². The van der Waals surface area contributed by atoms with Gasteiger partial charge in [0.15, 0.2) is 0 Å². The van der Waals surface area contributed by atoms with E-state index in [0.29, 0.717) is 19.1 Å². The van der Waals surface area contributed by atoms with Gasteiger partial charge in [0.2, 0.25) is 0 Å². The second-order valence-electron chi connectivity index (χ2n) is 4.37. The van der Waals surface area contributed by atoms with Crippen molar-refractivity contribution < 1.29 is 27.8 Å². The Morgan fingerprint density at radius 3 is 2.70 bits per heavy atom. The van der Waals surface area contributed by atoms with Crippen LogP contribution in [-0.4, -0.2) is 34.0 Å². The summed E-state index contributed by atoms with van der Waals surface area (Å²) < 4.78 is 43.3. The number of carboxylic acid groups (broad SMARTS) is 1. The number of alkyl halides is 3. The molecule has 0 aliphatic carbocycles. The van der Waals surface area contributed by atoms with Gasteiger partial charge in [0, 0.05) is 11.9 Å². The first kappa shape index (κ1) is 15.1. The lowest BCUT2D eigenvalue weighted by molar-refractivity contribution is -0.141. The lowest BCUT2D eigenvalue weighted by Crippen LogP contribution is -2.16. The van der Waals surface area contributed by atoms with E-state index in [-0.39, 0.29) is 21.9 Å². The average Bonchev–Trinajstić information content (AvgIpc) is 2.73. The molecular weight excluding hydrogens is 295 g/mol. The molecule has 20 heavy (non-hydrogen) atoms. The van der Waals surface area contributed by atoms with Crippen LogP contribution in [0.25, 0.3) is 0 Å². The number of aromatic nitrogens is 1. The van der Waals surface area contributed by atoms with Crippen LogP contribution in [0.15, 0.2) is 17.2 Å². The van der Waals surface area contributed by atoms with Gasteiger partial charge in [0.1, 0.15) is 10.7 Å². The van der Waals surface area contributed by atoms with Crippen molar-refractivity contribution >= 4 is 17.7 Å². The van der Waals surface area contributed by atoms with E-state index >= 15 is 0 Å². The molecule has 1 saturated heterocycles. The number of halogens is 3. The first-order valence-electron chi connectivity index (χ1n) is 5.89. The van der Waals surface area contributed by atoms with Crippen molar-refractivity contribution in [2.45, 2.75) is 35.9 Å². The van der Waals surface area contributed by atoms with Gasteiger partial charge in [-0.15, -0.1) is 0 Å². The highest BCUT2D eigenvalue weighted by Gasteiger charge is 2.34. The predicted molar refractivity (Wildman–Crippen MR) is 65.9 cm³/mol.